The van der Waals surface area contributed by atoms with Crippen LogP contribution in [0.3, 0.4) is 0 Å². The number of hydrogen-bond acceptors (Lipinski definition) is 4. The minimum absolute atomic E-state index is 0. The Labute approximate surface area is 115 Å². The Morgan fingerprint density at radius 2 is 2.21 bits per heavy atom. The van der Waals surface area contributed by atoms with Crippen LogP contribution < -0.4 is 10.5 Å². The maximum Gasteiger partial charge on any atom is 0.273 e. The maximum atomic E-state index is 12.9. The molecule has 0 saturated heterocycles. The van der Waals surface area contributed by atoms with Crippen LogP contribution in [0, 0.1) is 0 Å². The van der Waals surface area contributed by atoms with Gasteiger partial charge in [0.1, 0.15) is 5.82 Å². The Hall–Kier alpha value is -0.770. The van der Waals surface area contributed by atoms with Crippen LogP contribution in [0.15, 0.2) is 11.2 Å². The number of sulfonamides is 1. The van der Waals surface area contributed by atoms with E-state index in [1.807, 2.05) is 4.72 Å². The van der Waals surface area contributed by atoms with Crippen molar-refractivity contribution in [3.63, 3.8) is 0 Å². The fourth-order valence-corrected chi connectivity index (χ4v) is 3.02. The third kappa shape index (κ3) is 3.41. The Bertz CT molecular complexity index is 546. The van der Waals surface area contributed by atoms with E-state index >= 15 is 0 Å². The summed E-state index contributed by atoms with van der Waals surface area (Å²) in [5, 5.41) is -0.0668. The second-order valence-corrected chi connectivity index (χ2v) is 5.87. The fourth-order valence-electron chi connectivity index (χ4n) is 1.79. The molecule has 2 heterocycles. The summed E-state index contributed by atoms with van der Waals surface area (Å²) in [6.07, 6.45) is 2.70. The van der Waals surface area contributed by atoms with Gasteiger partial charge in [-0.15, -0.1) is 12.4 Å². The van der Waals surface area contributed by atoms with Gasteiger partial charge in [-0.25, -0.2) is 26.9 Å². The molecule has 0 unspecified atom stereocenters. The van der Waals surface area contributed by atoms with Gasteiger partial charge < -0.3 is 10.3 Å². The van der Waals surface area contributed by atoms with E-state index in [1.165, 1.54) is 10.8 Å². The number of nitrogens with zero attached hydrogens (tertiary/aromatic N) is 2. The van der Waals surface area contributed by atoms with Gasteiger partial charge >= 0.3 is 0 Å². The predicted molar refractivity (Wildman–Crippen MR) is 67.0 cm³/mol. The summed E-state index contributed by atoms with van der Waals surface area (Å²) in [5.74, 6) is -2.58. The number of halogens is 3. The van der Waals surface area contributed by atoms with Gasteiger partial charge in [-0.2, -0.15) is 0 Å². The van der Waals surface area contributed by atoms with E-state index in [1.54, 1.807) is 0 Å². The van der Waals surface area contributed by atoms with Crippen molar-refractivity contribution in [2.75, 3.05) is 13.1 Å². The molecule has 10 heteroatoms. The van der Waals surface area contributed by atoms with E-state index in [2.05, 4.69) is 4.98 Å². The highest BCUT2D eigenvalue weighted by atomic mass is 35.5. The monoisotopic (exact) mass is 316 g/mol. The first-order chi connectivity index (χ1) is 8.36. The number of aryl methyl sites for hydroxylation is 1. The average molecular weight is 317 g/mol. The maximum absolute atomic E-state index is 12.9. The average Bonchev–Trinajstić information content (AvgIpc) is 2.88. The van der Waals surface area contributed by atoms with Gasteiger partial charge in [-0.1, -0.05) is 0 Å². The molecule has 0 aromatic carbocycles. The molecule has 0 saturated carbocycles. The Kier molecular flexibility index (Phi) is 4.88. The molecule has 0 fully saturated rings. The summed E-state index contributed by atoms with van der Waals surface area (Å²) < 4.78 is 53.0. The quantitative estimate of drug-likeness (QED) is 0.807. The molecule has 0 bridgehead atoms. The normalized spacial score (nSPS) is 15.1. The van der Waals surface area contributed by atoms with Gasteiger partial charge in [-0.05, 0) is 6.42 Å². The van der Waals surface area contributed by atoms with Crippen LogP contribution in [0.25, 0.3) is 0 Å². The second kappa shape index (κ2) is 5.70. The first kappa shape index (κ1) is 16.3. The van der Waals surface area contributed by atoms with Crippen molar-refractivity contribution in [3.8, 4) is 0 Å². The van der Waals surface area contributed by atoms with Crippen molar-refractivity contribution < 1.29 is 17.2 Å². The van der Waals surface area contributed by atoms with Crippen molar-refractivity contribution >= 4 is 22.4 Å². The SMILES string of the molecule is Cl.NCC(F)(F)CNS(=O)(=O)c1cnc2n1CCC2. The van der Waals surface area contributed by atoms with Crippen LogP contribution in [0.4, 0.5) is 8.78 Å². The summed E-state index contributed by atoms with van der Waals surface area (Å²) in [6.45, 7) is -1.37. The molecule has 0 aliphatic carbocycles. The highest BCUT2D eigenvalue weighted by molar-refractivity contribution is 7.89. The van der Waals surface area contributed by atoms with Gasteiger partial charge in [0, 0.05) is 13.0 Å². The zero-order valence-electron chi connectivity index (χ0n) is 9.97. The van der Waals surface area contributed by atoms with Crippen LogP contribution in [0.2, 0.25) is 0 Å². The van der Waals surface area contributed by atoms with Gasteiger partial charge in [0.15, 0.2) is 5.03 Å². The van der Waals surface area contributed by atoms with Crippen molar-refractivity contribution in [1.29, 1.82) is 0 Å². The lowest BCUT2D eigenvalue weighted by Crippen LogP contribution is -2.41. The topological polar surface area (TPSA) is 90.0 Å². The molecule has 110 valence electrons. The van der Waals surface area contributed by atoms with Crippen molar-refractivity contribution in [2.24, 2.45) is 5.73 Å². The third-order valence-corrected chi connectivity index (χ3v) is 4.18. The molecule has 1 aromatic heterocycles. The summed E-state index contributed by atoms with van der Waals surface area (Å²) in [6, 6.07) is 0. The summed E-state index contributed by atoms with van der Waals surface area (Å²) in [4.78, 5) is 3.96. The van der Waals surface area contributed by atoms with Gasteiger partial charge in [0.2, 0.25) is 0 Å². The molecule has 19 heavy (non-hydrogen) atoms. The Balaban J connectivity index is 0.00000180. The van der Waals surface area contributed by atoms with Gasteiger partial charge in [-0.3, -0.25) is 0 Å². The van der Waals surface area contributed by atoms with Crippen molar-refractivity contribution in [1.82, 2.24) is 14.3 Å². The molecule has 0 amide bonds. The van der Waals surface area contributed by atoms with E-state index in [-0.39, 0.29) is 17.4 Å². The number of imidazole rings is 1. The minimum atomic E-state index is -3.97. The standard InChI is InChI=1S/C9H14F2N4O2S.ClH/c10-9(11,5-12)6-14-18(16,17)8-4-13-7-2-1-3-15(7)8;/h4,14H,1-3,5-6,12H2;1H. The van der Waals surface area contributed by atoms with Crippen LogP contribution in [-0.4, -0.2) is 37.0 Å². The lowest BCUT2D eigenvalue weighted by Gasteiger charge is -2.15. The lowest BCUT2D eigenvalue weighted by molar-refractivity contribution is 0.0170. The largest absolute Gasteiger partial charge is 0.325 e. The van der Waals surface area contributed by atoms with Crippen molar-refractivity contribution in [3.05, 3.63) is 12.0 Å². The predicted octanol–water partition coefficient (Wildman–Crippen LogP) is 0.123. The van der Waals surface area contributed by atoms with Crippen LogP contribution in [-0.2, 0) is 23.0 Å². The molecule has 1 aromatic rings. The number of aromatic nitrogens is 2. The molecule has 2 rings (SSSR count). The van der Waals surface area contributed by atoms with Crippen LogP contribution in [0.1, 0.15) is 12.2 Å². The van der Waals surface area contributed by atoms with E-state index in [9.17, 15) is 17.2 Å². The Morgan fingerprint density at radius 3 is 2.84 bits per heavy atom. The molecule has 0 radical (unpaired) electrons. The summed E-state index contributed by atoms with van der Waals surface area (Å²) in [5.41, 5.74) is 4.84. The first-order valence-electron chi connectivity index (χ1n) is 5.48. The second-order valence-electron chi connectivity index (χ2n) is 4.15. The molecular formula is C9H15ClF2N4O2S. The van der Waals surface area contributed by atoms with Crippen LogP contribution in [0.5, 0.6) is 0 Å². The molecule has 0 spiro atoms. The molecule has 1 aliphatic heterocycles. The fraction of sp³-hybridized carbons (Fsp3) is 0.667. The molecule has 3 N–H and O–H groups in total. The number of rotatable bonds is 5. The third-order valence-electron chi connectivity index (χ3n) is 2.78. The van der Waals surface area contributed by atoms with Crippen molar-refractivity contribution in [2.45, 2.75) is 30.3 Å². The summed E-state index contributed by atoms with van der Waals surface area (Å²) in [7, 11) is -3.97. The minimum Gasteiger partial charge on any atom is -0.325 e. The highest BCUT2D eigenvalue weighted by Gasteiger charge is 2.31. The number of alkyl halides is 2. The molecule has 1 aliphatic rings. The summed E-state index contributed by atoms with van der Waals surface area (Å²) >= 11 is 0. The van der Waals surface area contributed by atoms with E-state index < -0.39 is 29.0 Å². The zero-order valence-corrected chi connectivity index (χ0v) is 11.6. The van der Waals surface area contributed by atoms with E-state index in [4.69, 9.17) is 5.73 Å². The number of hydrogen-bond donors (Lipinski definition) is 2. The molecule has 6 nitrogen and oxygen atoms in total. The van der Waals surface area contributed by atoms with Crippen LogP contribution >= 0.6 is 12.4 Å². The molecule has 0 atom stereocenters. The van der Waals surface area contributed by atoms with Gasteiger partial charge in [0.25, 0.3) is 15.9 Å². The first-order valence-corrected chi connectivity index (χ1v) is 6.96. The number of fused-ring (bicyclic) bond motifs is 1. The number of nitrogens with two attached hydrogens (primary N) is 1. The lowest BCUT2D eigenvalue weighted by atomic mass is 10.3. The highest BCUT2D eigenvalue weighted by Crippen LogP contribution is 2.20. The number of nitrogens with one attached hydrogen (secondary N) is 1. The Morgan fingerprint density at radius 1 is 1.53 bits per heavy atom. The van der Waals surface area contributed by atoms with E-state index in [0.29, 0.717) is 18.8 Å². The smallest absolute Gasteiger partial charge is 0.273 e. The van der Waals surface area contributed by atoms with Gasteiger partial charge in [0.05, 0.1) is 19.3 Å². The molecular weight excluding hydrogens is 302 g/mol. The van der Waals surface area contributed by atoms with E-state index in [0.717, 1.165) is 6.42 Å². The zero-order chi connectivity index (χ0) is 13.4.